The van der Waals surface area contributed by atoms with Gasteiger partial charge in [0.05, 0.1) is 0 Å². The Labute approximate surface area is 199 Å². The quantitative estimate of drug-likeness (QED) is 0.248. The zero-order valence-corrected chi connectivity index (χ0v) is 19.8. The predicted molar refractivity (Wildman–Crippen MR) is 127 cm³/mol. The van der Waals surface area contributed by atoms with Crippen LogP contribution >= 0.6 is 0 Å². The summed E-state index contributed by atoms with van der Waals surface area (Å²) in [7, 11) is 1.43. The second-order valence-electron chi connectivity index (χ2n) is 8.26. The van der Waals surface area contributed by atoms with Gasteiger partial charge >= 0.3 is 5.97 Å². The molecule has 34 heavy (non-hydrogen) atoms. The fourth-order valence-electron chi connectivity index (χ4n) is 3.20. The zero-order chi connectivity index (χ0) is 25.7. The van der Waals surface area contributed by atoms with Crippen molar-refractivity contribution < 1.29 is 29.1 Å². The van der Waals surface area contributed by atoms with Crippen molar-refractivity contribution in [2.24, 2.45) is 5.92 Å². The van der Waals surface area contributed by atoms with Crippen LogP contribution in [0.3, 0.4) is 0 Å². The number of aliphatic carboxylic acids is 1. The van der Waals surface area contributed by atoms with Gasteiger partial charge in [-0.25, -0.2) is 4.79 Å². The molecule has 0 bridgehead atoms. The van der Waals surface area contributed by atoms with Crippen LogP contribution in [0.15, 0.2) is 43.0 Å². The van der Waals surface area contributed by atoms with Crippen LogP contribution in [-0.2, 0) is 30.4 Å². The predicted octanol–water partition coefficient (Wildman–Crippen LogP) is 0.526. The highest BCUT2D eigenvalue weighted by atomic mass is 16.4. The third-order valence-electron chi connectivity index (χ3n) is 4.99. The monoisotopic (exact) mass is 474 g/mol. The Morgan fingerprint density at radius 3 is 2.06 bits per heavy atom. The summed E-state index contributed by atoms with van der Waals surface area (Å²) in [6.07, 6.45) is 1.28. The maximum Gasteiger partial charge on any atom is 0.326 e. The van der Waals surface area contributed by atoms with Crippen LogP contribution in [0.1, 0.15) is 38.7 Å². The number of hydrogen-bond donors (Lipinski definition) is 5. The molecule has 4 amide bonds. The van der Waals surface area contributed by atoms with Crippen molar-refractivity contribution in [2.45, 2.75) is 57.7 Å². The Hall–Kier alpha value is -3.69. The Morgan fingerprint density at radius 2 is 1.53 bits per heavy atom. The van der Waals surface area contributed by atoms with Crippen molar-refractivity contribution >= 4 is 29.6 Å². The highest BCUT2D eigenvalue weighted by Crippen LogP contribution is 2.09. The molecule has 186 valence electrons. The van der Waals surface area contributed by atoms with Crippen LogP contribution in [0, 0.1) is 5.92 Å². The van der Waals surface area contributed by atoms with Gasteiger partial charge in [-0.3, -0.25) is 19.2 Å². The first kappa shape index (κ1) is 28.3. The van der Waals surface area contributed by atoms with Gasteiger partial charge in [0.15, 0.2) is 0 Å². The van der Waals surface area contributed by atoms with Gasteiger partial charge in [0.1, 0.15) is 18.1 Å². The topological polar surface area (TPSA) is 154 Å². The molecule has 0 radical (unpaired) electrons. The summed E-state index contributed by atoms with van der Waals surface area (Å²) in [6, 6.07) is 5.59. The average Bonchev–Trinajstić information content (AvgIpc) is 2.80. The second kappa shape index (κ2) is 14.5. The van der Waals surface area contributed by atoms with Crippen LogP contribution in [0.4, 0.5) is 0 Å². The lowest BCUT2D eigenvalue weighted by molar-refractivity contribution is -0.142. The van der Waals surface area contributed by atoms with E-state index < -0.39 is 41.8 Å². The van der Waals surface area contributed by atoms with Gasteiger partial charge in [-0.1, -0.05) is 50.8 Å². The van der Waals surface area contributed by atoms with Gasteiger partial charge in [-0.15, -0.1) is 0 Å². The van der Waals surface area contributed by atoms with Crippen molar-refractivity contribution in [3.05, 3.63) is 48.6 Å². The molecule has 3 atom stereocenters. The molecule has 0 aliphatic rings. The normalized spacial score (nSPS) is 13.2. The summed E-state index contributed by atoms with van der Waals surface area (Å²) in [5, 5.41) is 19.5. The molecule has 10 nitrogen and oxygen atoms in total. The number of carboxylic acids is 1. The molecule has 5 N–H and O–H groups in total. The summed E-state index contributed by atoms with van der Waals surface area (Å²) < 4.78 is 0. The molecule has 1 aromatic rings. The van der Waals surface area contributed by atoms with E-state index in [1.807, 2.05) is 13.8 Å². The van der Waals surface area contributed by atoms with Crippen LogP contribution in [0.5, 0.6) is 0 Å². The fourth-order valence-corrected chi connectivity index (χ4v) is 3.20. The van der Waals surface area contributed by atoms with Crippen molar-refractivity contribution in [3.63, 3.8) is 0 Å². The van der Waals surface area contributed by atoms with E-state index in [1.54, 1.807) is 30.3 Å². The Kier molecular flexibility index (Phi) is 12.1. The number of carbonyl (C=O) groups is 5. The molecule has 0 unspecified atom stereocenters. The number of carbonyl (C=O) groups excluding carboxylic acids is 4. The minimum atomic E-state index is -1.31. The van der Waals surface area contributed by atoms with Gasteiger partial charge < -0.3 is 26.4 Å². The number of amides is 4. The van der Waals surface area contributed by atoms with Gasteiger partial charge in [-0.05, 0) is 30.4 Å². The molecule has 1 rings (SSSR count). The van der Waals surface area contributed by atoms with E-state index in [9.17, 15) is 29.1 Å². The molecule has 0 fully saturated rings. The lowest BCUT2D eigenvalue weighted by Crippen LogP contribution is -2.56. The summed E-state index contributed by atoms with van der Waals surface area (Å²) in [5.41, 5.74) is 0.746. The van der Waals surface area contributed by atoms with Crippen LogP contribution < -0.4 is 21.3 Å². The van der Waals surface area contributed by atoms with Crippen molar-refractivity contribution in [1.29, 1.82) is 0 Å². The van der Waals surface area contributed by atoms with Crippen LogP contribution in [-0.4, -0.2) is 59.9 Å². The average molecular weight is 475 g/mol. The van der Waals surface area contributed by atoms with Crippen molar-refractivity contribution in [3.8, 4) is 0 Å². The smallest absolute Gasteiger partial charge is 0.326 e. The van der Waals surface area contributed by atoms with E-state index in [4.69, 9.17) is 0 Å². The highest BCUT2D eigenvalue weighted by Gasteiger charge is 2.30. The minimum Gasteiger partial charge on any atom is -0.480 e. The second-order valence-corrected chi connectivity index (χ2v) is 8.26. The Balaban J connectivity index is 3.08. The van der Waals surface area contributed by atoms with E-state index in [0.29, 0.717) is 6.42 Å². The molecule has 1 aromatic carbocycles. The fraction of sp³-hybridized carbons (Fsp3) is 0.458. The first-order chi connectivity index (χ1) is 16.1. The third-order valence-corrected chi connectivity index (χ3v) is 4.99. The van der Waals surface area contributed by atoms with Crippen molar-refractivity contribution in [2.75, 3.05) is 7.05 Å². The van der Waals surface area contributed by atoms with Crippen molar-refractivity contribution in [1.82, 2.24) is 21.3 Å². The molecule has 0 heterocycles. The van der Waals surface area contributed by atoms with E-state index in [2.05, 4.69) is 27.8 Å². The molecular formula is C24H34N4O6. The van der Waals surface area contributed by atoms with Gasteiger partial charge in [0, 0.05) is 19.9 Å². The molecule has 0 saturated heterocycles. The Morgan fingerprint density at radius 1 is 0.941 bits per heavy atom. The molecular weight excluding hydrogens is 440 g/mol. The van der Waals surface area contributed by atoms with E-state index in [1.165, 1.54) is 7.05 Å². The molecule has 0 aromatic heterocycles. The minimum absolute atomic E-state index is 0.0726. The van der Waals surface area contributed by atoms with Crippen LogP contribution in [0.25, 0.3) is 0 Å². The van der Waals surface area contributed by atoms with Gasteiger partial charge in [-0.2, -0.15) is 0 Å². The number of carboxylic acid groups (broad SMARTS) is 1. The zero-order valence-electron chi connectivity index (χ0n) is 19.8. The molecule has 0 aliphatic carbocycles. The standard InChI is InChI=1S/C24H34N4O6/c1-5-20(29)26-18(13-15(2)3)22(31)28-19(14-16-9-7-6-8-10-16)23(32)27-17(24(33)34)11-12-21(30)25-4/h5-10,15,17-19H,1,11-14H2,2-4H3,(H,25,30)(H,26,29)(H,27,32)(H,28,31)(H,33,34)/t17-,18-,19-/m0/s1. The largest absolute Gasteiger partial charge is 0.480 e. The summed E-state index contributed by atoms with van der Waals surface area (Å²) in [4.78, 5) is 61.0. The van der Waals surface area contributed by atoms with Gasteiger partial charge in [0.2, 0.25) is 23.6 Å². The lowest BCUT2D eigenvalue weighted by Gasteiger charge is -2.25. The maximum atomic E-state index is 13.0. The van der Waals surface area contributed by atoms with Crippen LogP contribution in [0.2, 0.25) is 0 Å². The molecule has 0 spiro atoms. The SMILES string of the molecule is C=CC(=O)N[C@@H](CC(C)C)C(=O)N[C@@H](Cc1ccccc1)C(=O)N[C@@H](CCC(=O)NC)C(=O)O. The number of nitrogens with one attached hydrogen (secondary N) is 4. The third kappa shape index (κ3) is 10.3. The Bertz CT molecular complexity index is 871. The number of benzene rings is 1. The molecule has 10 heteroatoms. The number of rotatable bonds is 14. The summed E-state index contributed by atoms with van der Waals surface area (Å²) in [6.45, 7) is 7.16. The van der Waals surface area contributed by atoms with E-state index in [0.717, 1.165) is 11.6 Å². The highest BCUT2D eigenvalue weighted by molar-refractivity contribution is 5.95. The first-order valence-corrected chi connectivity index (χ1v) is 11.1. The lowest BCUT2D eigenvalue weighted by atomic mass is 10.0. The van der Waals surface area contributed by atoms with Gasteiger partial charge in [0.25, 0.3) is 0 Å². The molecule has 0 aliphatic heterocycles. The van der Waals surface area contributed by atoms with E-state index in [-0.39, 0.29) is 31.1 Å². The first-order valence-electron chi connectivity index (χ1n) is 11.1. The maximum absolute atomic E-state index is 13.0. The summed E-state index contributed by atoms with van der Waals surface area (Å²) in [5.74, 6) is -3.38. The molecule has 0 saturated carbocycles. The number of hydrogen-bond acceptors (Lipinski definition) is 5. The van der Waals surface area contributed by atoms with E-state index >= 15 is 0 Å². The summed E-state index contributed by atoms with van der Waals surface area (Å²) >= 11 is 0.